The van der Waals surface area contributed by atoms with Crippen molar-refractivity contribution in [3.05, 3.63) is 54.1 Å². The smallest absolute Gasteiger partial charge is 0.248 e. The van der Waals surface area contributed by atoms with Crippen LogP contribution in [0.15, 0.2) is 48.6 Å². The van der Waals surface area contributed by atoms with Gasteiger partial charge in [0.05, 0.1) is 24.4 Å². The molecule has 3 heterocycles. The van der Waals surface area contributed by atoms with Crippen LogP contribution in [0.1, 0.15) is 129 Å². The van der Waals surface area contributed by atoms with Gasteiger partial charge in [-0.25, -0.2) is 0 Å². The Kier molecular flexibility index (Phi) is 25.0. The first kappa shape index (κ1) is 62.0. The molecule has 0 radical (unpaired) electrons. The van der Waals surface area contributed by atoms with Crippen LogP contribution in [0.2, 0.25) is 0 Å². The second-order valence-corrected chi connectivity index (χ2v) is 20.1. The summed E-state index contributed by atoms with van der Waals surface area (Å²) in [4.78, 5) is 100. The topological polar surface area (TPSA) is 368 Å². The third-order valence-corrected chi connectivity index (χ3v) is 13.9. The molecule has 7 amide bonds. The number of phenols is 1. The molecule has 23 heteroatoms. The standard InChI is InChI=1S/C52H81N7O16/c1-5-6-7-8-9-10-11-12-13-14-15-16-17-18-19-20-38(65)53-35-26-37(64)48(71)57-50(73)42-43(66)29(2)27-59(42)52(75)40(31(4)61)55-49(72)41(45(68)44(67)32-21-23-33(62)24-22-32)56-47(70)36-25-34(63)28-58(36)51(74)39(30(3)60)54-46(35)69/h9-10,12-13,21-24,29-31,34-37,39-45,48,60-64,66-68,71H,5-8,11,14-20,25-28H2,1-4H3,(H,53,65)(H,54,69)(H,55,72)(H,56,70)(H,57,73)/b10-9-,13-12-/t29-,30-,31-,34+,35-,36-,37+,39-,40-,41-,42-,43-,44-,45-,48+/m0/s1. The number of allylic oxidation sites excluding steroid dienone is 4. The summed E-state index contributed by atoms with van der Waals surface area (Å²) in [5.41, 5.74) is -0.0614. The number of rotatable bonds is 20. The van der Waals surface area contributed by atoms with E-state index < -0.39 is 152 Å². The third-order valence-electron chi connectivity index (χ3n) is 13.9. The van der Waals surface area contributed by atoms with Crippen molar-refractivity contribution in [2.45, 2.75) is 203 Å². The molecule has 0 spiro atoms. The van der Waals surface area contributed by atoms with E-state index in [-0.39, 0.29) is 24.3 Å². The molecule has 14 N–H and O–H groups in total. The summed E-state index contributed by atoms with van der Waals surface area (Å²) in [6, 6.07) is -6.61. The number of aliphatic hydroxyl groups is 8. The van der Waals surface area contributed by atoms with Gasteiger partial charge in [-0.1, -0.05) is 82.4 Å². The second kappa shape index (κ2) is 30.3. The van der Waals surface area contributed by atoms with Crippen molar-refractivity contribution in [1.29, 1.82) is 0 Å². The number of unbranched alkanes of at least 4 members (excludes halogenated alkanes) is 8. The molecule has 0 unspecified atom stereocenters. The van der Waals surface area contributed by atoms with Crippen LogP contribution in [0.4, 0.5) is 0 Å². The van der Waals surface area contributed by atoms with Gasteiger partial charge in [0.25, 0.3) is 0 Å². The number of aromatic hydroxyl groups is 1. The van der Waals surface area contributed by atoms with Gasteiger partial charge in [-0.05, 0) is 70.1 Å². The normalized spacial score (nSPS) is 29.4. The number of hydrogen-bond acceptors (Lipinski definition) is 16. The Morgan fingerprint density at radius 3 is 1.85 bits per heavy atom. The van der Waals surface area contributed by atoms with Crippen LogP contribution in [0, 0.1) is 5.92 Å². The Balaban J connectivity index is 1.62. The van der Waals surface area contributed by atoms with Crippen molar-refractivity contribution in [1.82, 2.24) is 36.4 Å². The van der Waals surface area contributed by atoms with Gasteiger partial charge in [0.2, 0.25) is 41.4 Å². The minimum atomic E-state index is -2.27. The number of hydrogen-bond donors (Lipinski definition) is 14. The first-order valence-corrected chi connectivity index (χ1v) is 26.2. The fraction of sp³-hybridized carbons (Fsp3) is 0.673. The lowest BCUT2D eigenvalue weighted by molar-refractivity contribution is -0.148. The number of carbonyl (C=O) groups excluding carboxylic acids is 7. The molecule has 1 aromatic rings. The van der Waals surface area contributed by atoms with Crippen molar-refractivity contribution >= 4 is 41.4 Å². The van der Waals surface area contributed by atoms with E-state index >= 15 is 0 Å². The largest absolute Gasteiger partial charge is 0.508 e. The van der Waals surface area contributed by atoms with Crippen LogP contribution >= 0.6 is 0 Å². The fourth-order valence-corrected chi connectivity index (χ4v) is 9.39. The molecule has 0 bridgehead atoms. The first-order chi connectivity index (χ1) is 35.6. The summed E-state index contributed by atoms with van der Waals surface area (Å²) in [6.45, 7) is 4.97. The summed E-state index contributed by atoms with van der Waals surface area (Å²) in [7, 11) is 0. The van der Waals surface area contributed by atoms with E-state index in [2.05, 4.69) is 57.8 Å². The Labute approximate surface area is 437 Å². The van der Waals surface area contributed by atoms with E-state index in [1.807, 2.05) is 0 Å². The Morgan fingerprint density at radius 1 is 0.680 bits per heavy atom. The lowest BCUT2D eigenvalue weighted by Crippen LogP contribution is -2.64. The molecule has 3 saturated heterocycles. The van der Waals surface area contributed by atoms with E-state index in [9.17, 15) is 79.5 Å². The highest BCUT2D eigenvalue weighted by molar-refractivity contribution is 5.98. The van der Waals surface area contributed by atoms with E-state index in [1.165, 1.54) is 38.3 Å². The zero-order chi connectivity index (χ0) is 55.5. The maximum absolute atomic E-state index is 14.3. The van der Waals surface area contributed by atoms with Gasteiger partial charge < -0.3 is 82.3 Å². The van der Waals surface area contributed by atoms with Crippen LogP contribution in [0.5, 0.6) is 5.75 Å². The van der Waals surface area contributed by atoms with Gasteiger partial charge in [-0.3, -0.25) is 33.6 Å². The molecular formula is C52H81N7O16. The second-order valence-electron chi connectivity index (χ2n) is 20.1. The Morgan fingerprint density at radius 2 is 1.24 bits per heavy atom. The molecule has 0 aliphatic carbocycles. The van der Waals surface area contributed by atoms with Crippen molar-refractivity contribution in [2.75, 3.05) is 13.1 Å². The summed E-state index contributed by atoms with van der Waals surface area (Å²) >= 11 is 0. The van der Waals surface area contributed by atoms with E-state index in [1.54, 1.807) is 0 Å². The number of benzene rings is 1. The Bertz CT molecular complexity index is 2110. The SMILES string of the molecule is CCCCC/C=C\C/C=C\CCCCCCCC(=O)N[C@H]1C[C@@H](O)[C@@H](O)NC(=O)[C@@H]2[C@@H](O)[C@@H](C)CN2C(=O)[C@H]([C@H](C)O)NC(=O)[C@H]([C@H](O)[C@@H](O)c2ccc(O)cc2)NC(=O)[C@@H]2C[C@@H](O)CN2C(=O)[C@H]([C@H](C)O)NC1=O. The first-order valence-electron chi connectivity index (χ1n) is 26.2. The highest BCUT2D eigenvalue weighted by Crippen LogP contribution is 2.28. The van der Waals surface area contributed by atoms with Crippen molar-refractivity contribution < 1.29 is 79.5 Å². The van der Waals surface area contributed by atoms with Crippen LogP contribution < -0.4 is 26.6 Å². The summed E-state index contributed by atoms with van der Waals surface area (Å²) in [6.07, 6.45) is 2.50. The molecule has 4 rings (SSSR count). The zero-order valence-corrected chi connectivity index (χ0v) is 43.4. The van der Waals surface area contributed by atoms with Gasteiger partial charge in [0.1, 0.15) is 60.3 Å². The number of nitrogens with zero attached hydrogens (tertiary/aromatic N) is 2. The van der Waals surface area contributed by atoms with Crippen LogP contribution in [-0.2, 0) is 33.6 Å². The zero-order valence-electron chi connectivity index (χ0n) is 43.4. The molecule has 75 heavy (non-hydrogen) atoms. The molecule has 0 aromatic heterocycles. The average molecular weight is 1060 g/mol. The van der Waals surface area contributed by atoms with Crippen molar-refractivity contribution in [2.24, 2.45) is 5.92 Å². The number of nitrogens with one attached hydrogen (secondary N) is 5. The van der Waals surface area contributed by atoms with Crippen molar-refractivity contribution in [3.63, 3.8) is 0 Å². The minimum Gasteiger partial charge on any atom is -0.508 e. The maximum atomic E-state index is 14.3. The lowest BCUT2D eigenvalue weighted by atomic mass is 9.96. The van der Waals surface area contributed by atoms with Crippen LogP contribution in [0.3, 0.4) is 0 Å². The highest BCUT2D eigenvalue weighted by Gasteiger charge is 2.50. The van der Waals surface area contributed by atoms with Gasteiger partial charge in [-0.2, -0.15) is 0 Å². The van der Waals surface area contributed by atoms with E-state index in [4.69, 9.17) is 0 Å². The van der Waals surface area contributed by atoms with Gasteiger partial charge >= 0.3 is 0 Å². The predicted octanol–water partition coefficient (Wildman–Crippen LogP) is -1.33. The van der Waals surface area contributed by atoms with E-state index in [0.29, 0.717) is 12.8 Å². The minimum absolute atomic E-state index is 0.0614. The number of carbonyl (C=O) groups is 7. The van der Waals surface area contributed by atoms with Crippen LogP contribution in [0.25, 0.3) is 0 Å². The third kappa shape index (κ3) is 18.0. The molecule has 1 aromatic carbocycles. The maximum Gasteiger partial charge on any atom is 0.248 e. The summed E-state index contributed by atoms with van der Waals surface area (Å²) in [5.74, 6) is -8.97. The Hall–Kier alpha value is -5.53. The summed E-state index contributed by atoms with van der Waals surface area (Å²) in [5, 5.41) is 110. The molecule has 3 aliphatic rings. The molecule has 23 nitrogen and oxygen atoms in total. The molecule has 15 atom stereocenters. The summed E-state index contributed by atoms with van der Waals surface area (Å²) < 4.78 is 0. The van der Waals surface area contributed by atoms with Gasteiger partial charge in [-0.15, -0.1) is 0 Å². The lowest BCUT2D eigenvalue weighted by Gasteiger charge is -2.34. The predicted molar refractivity (Wildman–Crippen MR) is 271 cm³/mol. The van der Waals surface area contributed by atoms with Crippen molar-refractivity contribution in [3.8, 4) is 5.75 Å². The number of aliphatic hydroxyl groups excluding tert-OH is 8. The monoisotopic (exact) mass is 1060 g/mol. The van der Waals surface area contributed by atoms with Gasteiger partial charge in [0, 0.05) is 38.3 Å². The van der Waals surface area contributed by atoms with E-state index in [0.717, 1.165) is 74.3 Å². The average Bonchev–Trinajstić information content (AvgIpc) is 3.91. The molecule has 0 saturated carbocycles. The molecule has 3 fully saturated rings. The van der Waals surface area contributed by atoms with Crippen LogP contribution in [-0.4, -0.2) is 189 Å². The van der Waals surface area contributed by atoms with Gasteiger partial charge in [0.15, 0.2) is 6.23 Å². The molecule has 3 aliphatic heterocycles. The number of fused-ring (bicyclic) bond motifs is 2. The number of phenolic OH excluding ortho intramolecular Hbond substituents is 1. The quantitative estimate of drug-likeness (QED) is 0.0531. The molecular weight excluding hydrogens is 979 g/mol. The fourth-order valence-electron chi connectivity index (χ4n) is 9.39. The number of amides is 7. The highest BCUT2D eigenvalue weighted by atomic mass is 16.3. The molecule has 420 valence electrons.